The van der Waals surface area contributed by atoms with E-state index in [-0.39, 0.29) is 22.4 Å². The molecule has 2 nitrogen and oxygen atoms in total. The van der Waals surface area contributed by atoms with Gasteiger partial charge in [0.15, 0.2) is 0 Å². The molecule has 0 radical (unpaired) electrons. The first-order valence-electron chi connectivity index (χ1n) is 1.82. The average molecular weight is 146 g/mol. The summed E-state index contributed by atoms with van der Waals surface area (Å²) in [7, 11) is 3.45. The summed E-state index contributed by atoms with van der Waals surface area (Å²) in [6.07, 6.45) is 0. The van der Waals surface area contributed by atoms with Crippen LogP contribution < -0.4 is 0 Å². The van der Waals surface area contributed by atoms with E-state index in [9.17, 15) is 4.79 Å². The molecule has 0 spiro atoms. The zero-order chi connectivity index (χ0) is 5.15. The minimum atomic E-state index is 0. The van der Waals surface area contributed by atoms with Crippen LogP contribution in [0.25, 0.3) is 0 Å². The van der Waals surface area contributed by atoms with Gasteiger partial charge in [-0.3, -0.25) is 4.79 Å². The molecule has 7 heavy (non-hydrogen) atoms. The van der Waals surface area contributed by atoms with Crippen molar-refractivity contribution in [3.63, 3.8) is 0 Å². The van der Waals surface area contributed by atoms with E-state index in [2.05, 4.69) is 0 Å². The Balaban J connectivity index is 0. The van der Waals surface area contributed by atoms with E-state index in [4.69, 9.17) is 0 Å². The van der Waals surface area contributed by atoms with Crippen LogP contribution in [-0.4, -0.2) is 24.9 Å². The zero-order valence-electron chi connectivity index (χ0n) is 4.67. The van der Waals surface area contributed by atoms with Gasteiger partial charge in [-0.25, -0.2) is 0 Å². The van der Waals surface area contributed by atoms with E-state index >= 15 is 0 Å². The van der Waals surface area contributed by atoms with Gasteiger partial charge in [0.05, 0.1) is 0 Å². The number of rotatable bonds is 0. The summed E-state index contributed by atoms with van der Waals surface area (Å²) in [4.78, 5) is 11.6. The van der Waals surface area contributed by atoms with Gasteiger partial charge in [0.2, 0.25) is 5.91 Å². The first kappa shape index (κ1) is 10.1. The molecule has 46 valence electrons. The molecule has 0 bridgehead atoms. The van der Waals surface area contributed by atoms with Crippen molar-refractivity contribution in [1.29, 1.82) is 0 Å². The van der Waals surface area contributed by atoms with Gasteiger partial charge in [0.25, 0.3) is 0 Å². The molecule has 0 unspecified atom stereocenters. The fourth-order valence-electron chi connectivity index (χ4n) is 0. The van der Waals surface area contributed by atoms with Crippen molar-refractivity contribution < 1.29 is 21.3 Å². The standard InChI is InChI=1S/C4H9NO.Ni/c1-4(6)5(2)3;/h1-3H3;. The van der Waals surface area contributed by atoms with E-state index in [1.807, 2.05) is 0 Å². The van der Waals surface area contributed by atoms with Crippen LogP contribution in [0, 0.1) is 0 Å². The maximum atomic E-state index is 10.1. The Morgan fingerprint density at radius 3 is 1.57 bits per heavy atom. The van der Waals surface area contributed by atoms with E-state index in [1.54, 1.807) is 14.1 Å². The molecule has 0 saturated carbocycles. The second-order valence-corrected chi connectivity index (χ2v) is 1.41. The van der Waals surface area contributed by atoms with Crippen LogP contribution in [0.3, 0.4) is 0 Å². The minimum absolute atomic E-state index is 0. The zero-order valence-corrected chi connectivity index (χ0v) is 5.66. The van der Waals surface area contributed by atoms with E-state index in [1.165, 1.54) is 11.8 Å². The Morgan fingerprint density at radius 1 is 1.43 bits per heavy atom. The van der Waals surface area contributed by atoms with E-state index < -0.39 is 0 Å². The number of hydrogen-bond donors (Lipinski definition) is 0. The number of hydrogen-bond acceptors (Lipinski definition) is 1. The van der Waals surface area contributed by atoms with Crippen LogP contribution in [0.2, 0.25) is 0 Å². The maximum Gasteiger partial charge on any atom is 0.218 e. The molecule has 0 atom stereocenters. The molecule has 0 aliphatic heterocycles. The fourth-order valence-corrected chi connectivity index (χ4v) is 0. The third-order valence-electron chi connectivity index (χ3n) is 0.630. The molecular weight excluding hydrogens is 137 g/mol. The summed E-state index contributed by atoms with van der Waals surface area (Å²) in [5.41, 5.74) is 0. The monoisotopic (exact) mass is 145 g/mol. The van der Waals surface area contributed by atoms with Crippen molar-refractivity contribution in [2.24, 2.45) is 0 Å². The molecule has 3 heteroatoms. The van der Waals surface area contributed by atoms with Crippen molar-refractivity contribution in [2.75, 3.05) is 14.1 Å². The smallest absolute Gasteiger partial charge is 0.218 e. The predicted octanol–water partition coefficient (Wildman–Crippen LogP) is 0.0920. The molecule has 0 N–H and O–H groups in total. The molecule has 0 rings (SSSR count). The molecule has 0 aromatic rings. The van der Waals surface area contributed by atoms with Crippen molar-refractivity contribution in [3.05, 3.63) is 0 Å². The molecule has 0 aromatic carbocycles. The van der Waals surface area contributed by atoms with Crippen LogP contribution in [0.4, 0.5) is 0 Å². The molecule has 0 aliphatic rings. The molecule has 0 aliphatic carbocycles. The summed E-state index contributed by atoms with van der Waals surface area (Å²) in [5, 5.41) is 0. The molecule has 0 fully saturated rings. The van der Waals surface area contributed by atoms with Crippen LogP contribution in [-0.2, 0) is 21.3 Å². The van der Waals surface area contributed by atoms with Crippen molar-refractivity contribution in [1.82, 2.24) is 4.90 Å². The SMILES string of the molecule is CC(=O)N(C)C.[Ni]. The largest absolute Gasteiger partial charge is 0.349 e. The third-order valence-corrected chi connectivity index (χ3v) is 0.630. The average Bonchev–Trinajstić information content (AvgIpc) is 1.36. The van der Waals surface area contributed by atoms with Gasteiger partial charge < -0.3 is 4.90 Å². The number of nitrogens with zero attached hydrogens (tertiary/aromatic N) is 1. The Morgan fingerprint density at radius 2 is 1.57 bits per heavy atom. The van der Waals surface area contributed by atoms with Gasteiger partial charge in [-0.1, -0.05) is 0 Å². The fraction of sp³-hybridized carbons (Fsp3) is 0.750. The van der Waals surface area contributed by atoms with Crippen molar-refractivity contribution in [3.8, 4) is 0 Å². The number of amides is 1. The summed E-state index contributed by atoms with van der Waals surface area (Å²) in [6.45, 7) is 1.53. The maximum absolute atomic E-state index is 10.1. The first-order chi connectivity index (χ1) is 2.64. The Labute approximate surface area is 53.8 Å². The number of carbonyl (C=O) groups excluding carboxylic acids is 1. The molecule has 1 amide bonds. The van der Waals surface area contributed by atoms with Gasteiger partial charge in [-0.05, 0) is 0 Å². The first-order valence-corrected chi connectivity index (χ1v) is 1.82. The molecule has 0 aromatic heterocycles. The van der Waals surface area contributed by atoms with E-state index in [0.717, 1.165) is 0 Å². The van der Waals surface area contributed by atoms with Crippen molar-refractivity contribution in [2.45, 2.75) is 6.92 Å². The Hall–Kier alpha value is -0.0365. The summed E-state index contributed by atoms with van der Waals surface area (Å²) >= 11 is 0. The molecule has 0 heterocycles. The Bertz CT molecular complexity index is 62.7. The topological polar surface area (TPSA) is 20.3 Å². The van der Waals surface area contributed by atoms with Crippen LogP contribution >= 0.6 is 0 Å². The normalized spacial score (nSPS) is 6.71. The third kappa shape index (κ3) is 5.96. The number of carbonyl (C=O) groups is 1. The predicted molar refractivity (Wildman–Crippen MR) is 24.4 cm³/mol. The minimum Gasteiger partial charge on any atom is -0.349 e. The van der Waals surface area contributed by atoms with Crippen LogP contribution in [0.15, 0.2) is 0 Å². The van der Waals surface area contributed by atoms with Gasteiger partial charge in [-0.15, -0.1) is 0 Å². The van der Waals surface area contributed by atoms with Gasteiger partial charge in [0, 0.05) is 37.5 Å². The second-order valence-electron chi connectivity index (χ2n) is 1.41. The summed E-state index contributed by atoms with van der Waals surface area (Å²) in [6, 6.07) is 0. The molecular formula is C4H9NNiO. The second kappa shape index (κ2) is 4.13. The van der Waals surface area contributed by atoms with Gasteiger partial charge in [-0.2, -0.15) is 0 Å². The van der Waals surface area contributed by atoms with Crippen LogP contribution in [0.1, 0.15) is 6.92 Å². The van der Waals surface area contributed by atoms with Gasteiger partial charge >= 0.3 is 0 Å². The van der Waals surface area contributed by atoms with Crippen LogP contribution in [0.5, 0.6) is 0 Å². The summed E-state index contributed by atoms with van der Waals surface area (Å²) < 4.78 is 0. The van der Waals surface area contributed by atoms with Crippen molar-refractivity contribution >= 4 is 5.91 Å². The van der Waals surface area contributed by atoms with E-state index in [0.29, 0.717) is 0 Å². The summed E-state index contributed by atoms with van der Waals surface area (Å²) in [5.74, 6) is 0.0926. The molecule has 0 saturated heterocycles. The van der Waals surface area contributed by atoms with Gasteiger partial charge in [0.1, 0.15) is 0 Å². The quantitative estimate of drug-likeness (QED) is 0.443. The Kier molecular flexibility index (Phi) is 5.93.